The zero-order valence-electron chi connectivity index (χ0n) is 10.7. The molecule has 1 aromatic heterocycles. The van der Waals surface area contributed by atoms with Crippen LogP contribution >= 0.6 is 0 Å². The van der Waals surface area contributed by atoms with Crippen LogP contribution in [0.15, 0.2) is 24.3 Å². The summed E-state index contributed by atoms with van der Waals surface area (Å²) < 4.78 is 7.59. The van der Waals surface area contributed by atoms with E-state index in [1.54, 1.807) is 0 Å². The van der Waals surface area contributed by atoms with Gasteiger partial charge in [-0.15, -0.1) is 5.10 Å². The molecular weight excluding hydrogens is 214 g/mol. The van der Waals surface area contributed by atoms with Gasteiger partial charge in [0.25, 0.3) is 0 Å². The van der Waals surface area contributed by atoms with E-state index in [1.165, 1.54) is 0 Å². The Morgan fingerprint density at radius 2 is 2.06 bits per heavy atom. The number of fused-ring (bicyclic) bond motifs is 1. The smallest absolute Gasteiger partial charge is 0.240 e. The molecule has 0 aliphatic rings. The molecule has 2 aromatic rings. The van der Waals surface area contributed by atoms with Gasteiger partial charge in [-0.25, -0.2) is 0 Å². The van der Waals surface area contributed by atoms with Gasteiger partial charge in [0.1, 0.15) is 0 Å². The van der Waals surface area contributed by atoms with Crippen molar-refractivity contribution in [2.75, 3.05) is 27.2 Å². The predicted molar refractivity (Wildman–Crippen MR) is 69.4 cm³/mol. The molecule has 4 nitrogen and oxygen atoms in total. The van der Waals surface area contributed by atoms with Gasteiger partial charge in [-0.3, -0.25) is 4.68 Å². The van der Waals surface area contributed by atoms with Gasteiger partial charge < -0.3 is 9.64 Å². The van der Waals surface area contributed by atoms with E-state index in [0.717, 1.165) is 29.7 Å². The summed E-state index contributed by atoms with van der Waals surface area (Å²) in [5, 5.41) is 5.47. The monoisotopic (exact) mass is 233 g/mol. The number of rotatable bonds is 5. The number of benzene rings is 1. The van der Waals surface area contributed by atoms with Crippen molar-refractivity contribution in [1.29, 1.82) is 0 Å². The molecule has 0 saturated heterocycles. The normalized spacial score (nSPS) is 11.3. The molecule has 0 aliphatic heterocycles. The van der Waals surface area contributed by atoms with Crippen LogP contribution in [0.3, 0.4) is 0 Å². The number of ether oxygens (including phenoxy) is 1. The second kappa shape index (κ2) is 5.19. The van der Waals surface area contributed by atoms with Crippen LogP contribution in [-0.2, 0) is 7.05 Å². The van der Waals surface area contributed by atoms with Crippen molar-refractivity contribution in [1.82, 2.24) is 14.7 Å². The van der Waals surface area contributed by atoms with E-state index >= 15 is 0 Å². The predicted octanol–water partition coefficient (Wildman–Crippen LogP) is 1.90. The highest BCUT2D eigenvalue weighted by molar-refractivity contribution is 5.84. The Morgan fingerprint density at radius 3 is 2.82 bits per heavy atom. The molecule has 0 radical (unpaired) electrons. The van der Waals surface area contributed by atoms with Crippen LogP contribution in [0.4, 0.5) is 0 Å². The first kappa shape index (κ1) is 11.9. The molecule has 0 N–H and O–H groups in total. The van der Waals surface area contributed by atoms with Crippen LogP contribution in [0.2, 0.25) is 0 Å². The molecule has 0 aliphatic carbocycles. The molecule has 0 fully saturated rings. The van der Waals surface area contributed by atoms with Gasteiger partial charge in [-0.2, -0.15) is 0 Å². The summed E-state index contributed by atoms with van der Waals surface area (Å²) in [4.78, 5) is 2.15. The zero-order valence-corrected chi connectivity index (χ0v) is 10.7. The summed E-state index contributed by atoms with van der Waals surface area (Å²) in [6.07, 6.45) is 1.01. The van der Waals surface area contributed by atoms with Crippen LogP contribution in [0, 0.1) is 0 Å². The van der Waals surface area contributed by atoms with E-state index in [-0.39, 0.29) is 0 Å². The largest absolute Gasteiger partial charge is 0.476 e. The molecule has 4 heteroatoms. The van der Waals surface area contributed by atoms with E-state index in [9.17, 15) is 0 Å². The quantitative estimate of drug-likeness (QED) is 0.739. The maximum absolute atomic E-state index is 5.73. The van der Waals surface area contributed by atoms with Gasteiger partial charge in [0.05, 0.1) is 17.5 Å². The summed E-state index contributed by atoms with van der Waals surface area (Å²) in [7, 11) is 6.07. The van der Waals surface area contributed by atoms with Gasteiger partial charge >= 0.3 is 0 Å². The lowest BCUT2D eigenvalue weighted by atomic mass is 10.2. The summed E-state index contributed by atoms with van der Waals surface area (Å²) in [6, 6.07) is 8.12. The highest BCUT2D eigenvalue weighted by Crippen LogP contribution is 2.23. The van der Waals surface area contributed by atoms with E-state index in [2.05, 4.69) is 30.2 Å². The SMILES string of the molecule is CN(C)CCCOc1nn(C)c2ccccc12. The van der Waals surface area contributed by atoms with Crippen LogP contribution in [0.5, 0.6) is 5.88 Å². The second-order valence-electron chi connectivity index (χ2n) is 4.45. The number of nitrogens with zero attached hydrogens (tertiary/aromatic N) is 3. The minimum absolute atomic E-state index is 0.708. The van der Waals surface area contributed by atoms with Gasteiger partial charge in [-0.1, -0.05) is 12.1 Å². The number of hydrogen-bond acceptors (Lipinski definition) is 3. The van der Waals surface area contributed by atoms with Crippen molar-refractivity contribution in [3.05, 3.63) is 24.3 Å². The number of aromatic nitrogens is 2. The maximum Gasteiger partial charge on any atom is 0.240 e. The number of para-hydroxylation sites is 1. The molecule has 0 bridgehead atoms. The summed E-state index contributed by atoms with van der Waals surface area (Å²) in [6.45, 7) is 1.74. The standard InChI is InChI=1S/C13H19N3O/c1-15(2)9-6-10-17-13-11-7-4-5-8-12(11)16(3)14-13/h4-5,7-8H,6,9-10H2,1-3H3. The van der Waals surface area contributed by atoms with Crippen molar-refractivity contribution >= 4 is 10.9 Å². The lowest BCUT2D eigenvalue weighted by Crippen LogP contribution is -2.15. The molecular formula is C13H19N3O. The average molecular weight is 233 g/mol. The molecule has 0 amide bonds. The molecule has 2 rings (SSSR count). The van der Waals surface area contributed by atoms with Crippen molar-refractivity contribution < 1.29 is 4.74 Å². The van der Waals surface area contributed by atoms with Gasteiger partial charge in [0.2, 0.25) is 5.88 Å². The Hall–Kier alpha value is -1.55. The summed E-state index contributed by atoms with van der Waals surface area (Å²) in [5.74, 6) is 0.738. The van der Waals surface area contributed by atoms with Crippen molar-refractivity contribution in [2.45, 2.75) is 6.42 Å². The molecule has 0 saturated carbocycles. The second-order valence-corrected chi connectivity index (χ2v) is 4.45. The van der Waals surface area contributed by atoms with E-state index < -0.39 is 0 Å². The van der Waals surface area contributed by atoms with Crippen LogP contribution in [-0.4, -0.2) is 41.9 Å². The summed E-state index contributed by atoms with van der Waals surface area (Å²) in [5.41, 5.74) is 1.11. The Labute approximate surface area is 102 Å². The van der Waals surface area contributed by atoms with E-state index in [0.29, 0.717) is 6.61 Å². The Kier molecular flexibility index (Phi) is 3.64. The van der Waals surface area contributed by atoms with Gasteiger partial charge in [-0.05, 0) is 32.6 Å². The fraction of sp³-hybridized carbons (Fsp3) is 0.462. The van der Waals surface area contributed by atoms with Crippen LogP contribution < -0.4 is 4.74 Å². The topological polar surface area (TPSA) is 30.3 Å². The lowest BCUT2D eigenvalue weighted by Gasteiger charge is -2.09. The molecule has 1 aromatic carbocycles. The molecule has 92 valence electrons. The summed E-state index contributed by atoms with van der Waals surface area (Å²) >= 11 is 0. The van der Waals surface area contributed by atoms with E-state index in [1.807, 2.05) is 29.9 Å². The highest BCUT2D eigenvalue weighted by Gasteiger charge is 2.08. The highest BCUT2D eigenvalue weighted by atomic mass is 16.5. The Morgan fingerprint density at radius 1 is 1.29 bits per heavy atom. The third-order valence-corrected chi connectivity index (χ3v) is 2.71. The van der Waals surface area contributed by atoms with Crippen molar-refractivity contribution in [3.8, 4) is 5.88 Å². The minimum Gasteiger partial charge on any atom is -0.476 e. The first-order chi connectivity index (χ1) is 8.18. The van der Waals surface area contributed by atoms with Crippen LogP contribution in [0.1, 0.15) is 6.42 Å². The third kappa shape index (κ3) is 2.77. The van der Waals surface area contributed by atoms with Gasteiger partial charge in [0, 0.05) is 13.6 Å². The van der Waals surface area contributed by atoms with Crippen LogP contribution in [0.25, 0.3) is 10.9 Å². The number of aryl methyl sites for hydroxylation is 1. The lowest BCUT2D eigenvalue weighted by molar-refractivity contribution is 0.273. The van der Waals surface area contributed by atoms with Crippen molar-refractivity contribution in [3.63, 3.8) is 0 Å². The minimum atomic E-state index is 0.708. The molecule has 17 heavy (non-hydrogen) atoms. The molecule has 0 unspecified atom stereocenters. The van der Waals surface area contributed by atoms with Crippen molar-refractivity contribution in [2.24, 2.45) is 7.05 Å². The Balaban J connectivity index is 2.04. The first-order valence-electron chi connectivity index (χ1n) is 5.88. The maximum atomic E-state index is 5.73. The molecule has 0 spiro atoms. The average Bonchev–Trinajstić information content (AvgIpc) is 2.63. The Bertz CT molecular complexity index is 490. The fourth-order valence-electron chi connectivity index (χ4n) is 1.84. The van der Waals surface area contributed by atoms with Gasteiger partial charge in [0.15, 0.2) is 0 Å². The third-order valence-electron chi connectivity index (χ3n) is 2.71. The first-order valence-corrected chi connectivity index (χ1v) is 5.88. The zero-order chi connectivity index (χ0) is 12.3. The molecule has 1 heterocycles. The van der Waals surface area contributed by atoms with E-state index in [4.69, 9.17) is 4.74 Å². The molecule has 0 atom stereocenters. The fourth-order valence-corrected chi connectivity index (χ4v) is 1.84. The number of hydrogen-bond donors (Lipinski definition) is 0.